The van der Waals surface area contributed by atoms with Gasteiger partial charge in [-0.25, -0.2) is 13.1 Å². The number of carbonyl (C=O) groups is 1. The van der Waals surface area contributed by atoms with Gasteiger partial charge in [0, 0.05) is 19.2 Å². The van der Waals surface area contributed by atoms with Crippen LogP contribution in [0.4, 0.5) is 5.69 Å². The SMILES string of the molecule is COCCNS(=O)(=O)c1ccc(C(=O)Nc2ccccc2OC)cc1. The van der Waals surface area contributed by atoms with Gasteiger partial charge in [-0.15, -0.1) is 0 Å². The molecule has 7 nitrogen and oxygen atoms in total. The first-order valence-corrected chi connectivity index (χ1v) is 8.99. The third-order valence-corrected chi connectivity index (χ3v) is 4.86. The van der Waals surface area contributed by atoms with Crippen LogP contribution in [0.3, 0.4) is 0 Å². The molecule has 0 saturated heterocycles. The summed E-state index contributed by atoms with van der Waals surface area (Å²) in [4.78, 5) is 12.4. The third kappa shape index (κ3) is 5.02. The van der Waals surface area contributed by atoms with Crippen LogP contribution in [0.1, 0.15) is 10.4 Å². The minimum atomic E-state index is -3.63. The van der Waals surface area contributed by atoms with Crippen LogP contribution >= 0.6 is 0 Å². The molecule has 0 heterocycles. The van der Waals surface area contributed by atoms with Crippen molar-refractivity contribution in [3.8, 4) is 5.75 Å². The van der Waals surface area contributed by atoms with Crippen molar-refractivity contribution in [2.45, 2.75) is 4.90 Å². The quantitative estimate of drug-likeness (QED) is 0.698. The van der Waals surface area contributed by atoms with E-state index in [-0.39, 0.29) is 24.0 Å². The van der Waals surface area contributed by atoms with Gasteiger partial charge in [0.25, 0.3) is 5.91 Å². The second-order valence-corrected chi connectivity index (χ2v) is 6.84. The van der Waals surface area contributed by atoms with Gasteiger partial charge in [0.05, 0.1) is 24.3 Å². The average Bonchev–Trinajstić information content (AvgIpc) is 2.62. The van der Waals surface area contributed by atoms with E-state index in [1.165, 1.54) is 38.5 Å². The second kappa shape index (κ2) is 8.61. The lowest BCUT2D eigenvalue weighted by atomic mass is 10.2. The number of sulfonamides is 1. The maximum atomic E-state index is 12.3. The van der Waals surface area contributed by atoms with Gasteiger partial charge in [-0.2, -0.15) is 0 Å². The summed E-state index contributed by atoms with van der Waals surface area (Å²) in [5.41, 5.74) is 0.870. The fraction of sp³-hybridized carbons (Fsp3) is 0.235. The highest BCUT2D eigenvalue weighted by molar-refractivity contribution is 7.89. The zero-order valence-electron chi connectivity index (χ0n) is 14.0. The van der Waals surface area contributed by atoms with Gasteiger partial charge < -0.3 is 14.8 Å². The summed E-state index contributed by atoms with van der Waals surface area (Å²) < 4.78 is 36.6. The van der Waals surface area contributed by atoms with Gasteiger partial charge >= 0.3 is 0 Å². The largest absolute Gasteiger partial charge is 0.495 e. The second-order valence-electron chi connectivity index (χ2n) is 5.07. The van der Waals surface area contributed by atoms with E-state index in [0.717, 1.165) is 0 Å². The molecule has 0 aliphatic rings. The first-order valence-electron chi connectivity index (χ1n) is 7.51. The van der Waals surface area contributed by atoms with Crippen molar-refractivity contribution < 1.29 is 22.7 Å². The summed E-state index contributed by atoms with van der Waals surface area (Å²) in [5, 5.41) is 2.73. The van der Waals surface area contributed by atoms with Gasteiger partial charge in [-0.1, -0.05) is 12.1 Å². The molecule has 2 rings (SSSR count). The normalized spacial score (nSPS) is 11.1. The first kappa shape index (κ1) is 18.9. The van der Waals surface area contributed by atoms with Crippen molar-refractivity contribution in [1.29, 1.82) is 0 Å². The lowest BCUT2D eigenvalue weighted by molar-refractivity contribution is 0.102. The molecule has 0 atom stereocenters. The van der Waals surface area contributed by atoms with Crippen LogP contribution in [0.15, 0.2) is 53.4 Å². The van der Waals surface area contributed by atoms with Gasteiger partial charge in [-0.05, 0) is 36.4 Å². The molecule has 134 valence electrons. The fourth-order valence-electron chi connectivity index (χ4n) is 2.09. The molecule has 8 heteroatoms. The number of hydrogen-bond donors (Lipinski definition) is 2. The van der Waals surface area contributed by atoms with E-state index < -0.39 is 10.0 Å². The zero-order valence-corrected chi connectivity index (χ0v) is 14.8. The van der Waals surface area contributed by atoms with Crippen LogP contribution < -0.4 is 14.8 Å². The highest BCUT2D eigenvalue weighted by Gasteiger charge is 2.15. The molecule has 0 bridgehead atoms. The van der Waals surface area contributed by atoms with Crippen LogP contribution in [0.25, 0.3) is 0 Å². The Labute approximate surface area is 147 Å². The molecule has 25 heavy (non-hydrogen) atoms. The first-order chi connectivity index (χ1) is 12.0. The number of ether oxygens (including phenoxy) is 2. The summed E-state index contributed by atoms with van der Waals surface area (Å²) in [7, 11) is -0.622. The number of benzene rings is 2. The third-order valence-electron chi connectivity index (χ3n) is 3.38. The van der Waals surface area contributed by atoms with E-state index >= 15 is 0 Å². The van der Waals surface area contributed by atoms with Gasteiger partial charge in [0.15, 0.2) is 0 Å². The molecular weight excluding hydrogens is 344 g/mol. The molecule has 0 fully saturated rings. The molecule has 0 aliphatic carbocycles. The number of hydrogen-bond acceptors (Lipinski definition) is 5. The Morgan fingerprint density at radius 3 is 2.36 bits per heavy atom. The predicted octanol–water partition coefficient (Wildman–Crippen LogP) is 1.87. The lowest BCUT2D eigenvalue weighted by Gasteiger charge is -2.10. The Hall–Kier alpha value is -2.42. The van der Waals surface area contributed by atoms with Crippen molar-refractivity contribution in [3.05, 3.63) is 54.1 Å². The molecule has 0 aromatic heterocycles. The number of carbonyl (C=O) groups excluding carboxylic acids is 1. The number of rotatable bonds is 8. The number of nitrogens with one attached hydrogen (secondary N) is 2. The maximum absolute atomic E-state index is 12.3. The highest BCUT2D eigenvalue weighted by atomic mass is 32.2. The minimum absolute atomic E-state index is 0.0810. The molecule has 0 radical (unpaired) electrons. The van der Waals surface area contributed by atoms with E-state index in [4.69, 9.17) is 9.47 Å². The van der Waals surface area contributed by atoms with Crippen LogP contribution in [0, 0.1) is 0 Å². The van der Waals surface area contributed by atoms with Gasteiger partial charge in [0.2, 0.25) is 10.0 Å². The standard InChI is InChI=1S/C17H20N2O5S/c1-23-12-11-18-25(21,22)14-9-7-13(8-10-14)17(20)19-15-5-3-4-6-16(15)24-2/h3-10,18H,11-12H2,1-2H3,(H,19,20). The van der Waals surface area contributed by atoms with Crippen molar-refractivity contribution in [3.63, 3.8) is 0 Å². The number of methoxy groups -OCH3 is 2. The van der Waals surface area contributed by atoms with Crippen LogP contribution in [0.2, 0.25) is 0 Å². The minimum Gasteiger partial charge on any atom is -0.495 e. The number of para-hydroxylation sites is 2. The molecule has 0 saturated carbocycles. The molecule has 0 aliphatic heterocycles. The van der Waals surface area contributed by atoms with Gasteiger partial charge in [0.1, 0.15) is 5.75 Å². The van der Waals surface area contributed by atoms with E-state index in [2.05, 4.69) is 10.0 Å². The van der Waals surface area contributed by atoms with E-state index in [1.54, 1.807) is 24.3 Å². The topological polar surface area (TPSA) is 93.7 Å². The highest BCUT2D eigenvalue weighted by Crippen LogP contribution is 2.23. The summed E-state index contributed by atoms with van der Waals surface area (Å²) in [6, 6.07) is 12.7. The van der Waals surface area contributed by atoms with Crippen LogP contribution in [0.5, 0.6) is 5.75 Å². The average molecular weight is 364 g/mol. The van der Waals surface area contributed by atoms with Crippen molar-refractivity contribution in [1.82, 2.24) is 4.72 Å². The van der Waals surface area contributed by atoms with E-state index in [0.29, 0.717) is 17.0 Å². The summed E-state index contributed by atoms with van der Waals surface area (Å²) in [6.45, 7) is 0.452. The Morgan fingerprint density at radius 1 is 1.04 bits per heavy atom. The Bertz CT molecular complexity index is 819. The van der Waals surface area contributed by atoms with Crippen molar-refractivity contribution in [2.75, 3.05) is 32.7 Å². The molecule has 0 spiro atoms. The number of anilines is 1. The van der Waals surface area contributed by atoms with Crippen molar-refractivity contribution in [2.24, 2.45) is 0 Å². The summed E-state index contributed by atoms with van der Waals surface area (Å²) in [5.74, 6) is 0.179. The predicted molar refractivity (Wildman–Crippen MR) is 94.5 cm³/mol. The Balaban J connectivity index is 2.10. The Kier molecular flexibility index (Phi) is 6.51. The maximum Gasteiger partial charge on any atom is 0.255 e. The molecular formula is C17H20N2O5S. The summed E-state index contributed by atoms with van der Waals surface area (Å²) >= 11 is 0. The molecule has 1 amide bonds. The van der Waals surface area contributed by atoms with E-state index in [9.17, 15) is 13.2 Å². The summed E-state index contributed by atoms with van der Waals surface area (Å²) in [6.07, 6.45) is 0. The van der Waals surface area contributed by atoms with Crippen molar-refractivity contribution >= 4 is 21.6 Å². The molecule has 2 aromatic carbocycles. The molecule has 0 unspecified atom stereocenters. The molecule has 2 N–H and O–H groups in total. The fourth-order valence-corrected chi connectivity index (χ4v) is 3.10. The zero-order chi connectivity index (χ0) is 18.3. The lowest BCUT2D eigenvalue weighted by Crippen LogP contribution is -2.27. The Morgan fingerprint density at radius 2 is 1.72 bits per heavy atom. The van der Waals surface area contributed by atoms with Gasteiger partial charge in [-0.3, -0.25) is 4.79 Å². The smallest absolute Gasteiger partial charge is 0.255 e. The monoisotopic (exact) mass is 364 g/mol. The van der Waals surface area contributed by atoms with Crippen LogP contribution in [-0.2, 0) is 14.8 Å². The molecule has 2 aromatic rings. The van der Waals surface area contributed by atoms with E-state index in [1.807, 2.05) is 0 Å². The van der Waals surface area contributed by atoms with Crippen LogP contribution in [-0.4, -0.2) is 41.7 Å². The number of amides is 1.